The van der Waals surface area contributed by atoms with Crippen LogP contribution in [0.5, 0.6) is 0 Å². The number of ether oxygens (including phenoxy) is 1. The fourth-order valence-corrected chi connectivity index (χ4v) is 7.00. The van der Waals surface area contributed by atoms with Crippen molar-refractivity contribution >= 4 is 17.9 Å². The molecule has 0 unspecified atom stereocenters. The van der Waals surface area contributed by atoms with Crippen molar-refractivity contribution in [2.75, 3.05) is 6.54 Å². The van der Waals surface area contributed by atoms with E-state index in [2.05, 4.69) is 29.5 Å². The minimum atomic E-state index is -1.04. The molecular formula is C43H65N3O6. The van der Waals surface area contributed by atoms with Gasteiger partial charge in [-0.3, -0.25) is 9.59 Å². The summed E-state index contributed by atoms with van der Waals surface area (Å²) in [5, 5.41) is 32.2. The van der Waals surface area contributed by atoms with Gasteiger partial charge in [-0.2, -0.15) is 0 Å². The summed E-state index contributed by atoms with van der Waals surface area (Å²) in [6.45, 7) is 10.7. The molecule has 52 heavy (non-hydrogen) atoms. The highest BCUT2D eigenvalue weighted by molar-refractivity contribution is 5.92. The number of aliphatic hydroxyl groups is 2. The second-order valence-corrected chi connectivity index (χ2v) is 15.2. The average molecular weight is 720 g/mol. The van der Waals surface area contributed by atoms with Crippen LogP contribution in [-0.2, 0) is 27.4 Å². The zero-order valence-corrected chi connectivity index (χ0v) is 31.9. The Morgan fingerprint density at radius 3 is 2.13 bits per heavy atom. The quantitative estimate of drug-likeness (QED) is 0.0600. The van der Waals surface area contributed by atoms with Gasteiger partial charge in [-0.15, -0.1) is 0 Å². The molecule has 0 saturated heterocycles. The van der Waals surface area contributed by atoms with Crippen LogP contribution in [0, 0.1) is 17.8 Å². The molecule has 1 aliphatic carbocycles. The van der Waals surface area contributed by atoms with Gasteiger partial charge in [-0.25, -0.2) is 4.79 Å². The van der Waals surface area contributed by atoms with Crippen molar-refractivity contribution in [2.24, 2.45) is 17.8 Å². The molecule has 0 aromatic heterocycles. The van der Waals surface area contributed by atoms with Crippen molar-refractivity contribution in [1.82, 2.24) is 16.0 Å². The van der Waals surface area contributed by atoms with Crippen molar-refractivity contribution < 1.29 is 29.3 Å². The molecule has 5 atom stereocenters. The van der Waals surface area contributed by atoms with E-state index in [1.165, 1.54) is 6.42 Å². The van der Waals surface area contributed by atoms with Crippen molar-refractivity contribution in [2.45, 2.75) is 142 Å². The third kappa shape index (κ3) is 16.3. The highest BCUT2D eigenvalue weighted by Gasteiger charge is 2.33. The highest BCUT2D eigenvalue weighted by Crippen LogP contribution is 2.29. The minimum Gasteiger partial charge on any atom is -0.445 e. The largest absolute Gasteiger partial charge is 0.445 e. The molecule has 1 fully saturated rings. The number of hydrogen-bond acceptors (Lipinski definition) is 6. The van der Waals surface area contributed by atoms with Gasteiger partial charge in [-0.05, 0) is 48.6 Å². The van der Waals surface area contributed by atoms with Gasteiger partial charge in [0.05, 0.1) is 24.3 Å². The van der Waals surface area contributed by atoms with Crippen molar-refractivity contribution in [3.8, 4) is 0 Å². The Hall–Kier alpha value is -3.69. The third-order valence-electron chi connectivity index (χ3n) is 10.1. The summed E-state index contributed by atoms with van der Waals surface area (Å²) in [6.07, 6.45) is 8.47. The highest BCUT2D eigenvalue weighted by atomic mass is 16.5. The lowest BCUT2D eigenvalue weighted by Gasteiger charge is -2.32. The summed E-state index contributed by atoms with van der Waals surface area (Å²) in [4.78, 5) is 40.0. The first-order chi connectivity index (χ1) is 25.0. The Morgan fingerprint density at radius 2 is 1.50 bits per heavy atom. The smallest absolute Gasteiger partial charge is 0.407 e. The fourth-order valence-electron chi connectivity index (χ4n) is 7.00. The number of carbonyl (C=O) groups excluding carboxylic acids is 3. The number of carbonyl (C=O) groups is 3. The Balaban J connectivity index is 1.77. The molecule has 3 rings (SSSR count). The van der Waals surface area contributed by atoms with E-state index in [4.69, 9.17) is 4.74 Å². The van der Waals surface area contributed by atoms with Gasteiger partial charge in [0.1, 0.15) is 6.61 Å². The number of unbranched alkanes of at least 4 members (excludes halogenated alkanes) is 3. The summed E-state index contributed by atoms with van der Waals surface area (Å²) in [6, 6.07) is 17.8. The van der Waals surface area contributed by atoms with Gasteiger partial charge in [0, 0.05) is 24.5 Å². The molecule has 0 heterocycles. The van der Waals surface area contributed by atoms with Crippen LogP contribution in [-0.4, -0.2) is 59.0 Å². The average Bonchev–Trinajstić information content (AvgIpc) is 3.14. The van der Waals surface area contributed by atoms with Gasteiger partial charge in [0.15, 0.2) is 0 Å². The molecule has 0 bridgehead atoms. The first kappa shape index (κ1) is 42.7. The van der Waals surface area contributed by atoms with E-state index in [0.717, 1.165) is 62.5 Å². The van der Waals surface area contributed by atoms with Crippen LogP contribution in [0.3, 0.4) is 0 Å². The number of rotatable bonds is 23. The summed E-state index contributed by atoms with van der Waals surface area (Å²) in [7, 11) is 0. The molecule has 1 aliphatic rings. The molecule has 2 aromatic rings. The van der Waals surface area contributed by atoms with E-state index in [9.17, 15) is 24.6 Å². The van der Waals surface area contributed by atoms with Crippen LogP contribution < -0.4 is 16.0 Å². The van der Waals surface area contributed by atoms with E-state index >= 15 is 0 Å². The summed E-state index contributed by atoms with van der Waals surface area (Å²) < 4.78 is 5.51. The molecule has 9 nitrogen and oxygen atoms in total. The first-order valence-corrected chi connectivity index (χ1v) is 19.7. The number of amides is 3. The second-order valence-electron chi connectivity index (χ2n) is 15.2. The van der Waals surface area contributed by atoms with Crippen LogP contribution in [0.2, 0.25) is 0 Å². The fraction of sp³-hybridized carbons (Fsp3) is 0.605. The maximum atomic E-state index is 14.2. The van der Waals surface area contributed by atoms with Crippen LogP contribution in [0.15, 0.2) is 72.8 Å². The normalized spacial score (nSPS) is 16.3. The molecule has 0 radical (unpaired) electrons. The van der Waals surface area contributed by atoms with Crippen LogP contribution >= 0.6 is 0 Å². The molecular weight excluding hydrogens is 654 g/mol. The molecule has 0 aliphatic heterocycles. The zero-order chi connectivity index (χ0) is 37.7. The van der Waals surface area contributed by atoms with Crippen molar-refractivity contribution in [3.05, 3.63) is 83.9 Å². The molecule has 1 saturated carbocycles. The molecule has 3 amide bonds. The molecule has 2 aromatic carbocycles. The summed E-state index contributed by atoms with van der Waals surface area (Å²) in [5.74, 6) is -0.411. The van der Waals surface area contributed by atoms with Crippen LogP contribution in [0.1, 0.15) is 115 Å². The Kier molecular flexibility index (Phi) is 19.5. The maximum absolute atomic E-state index is 14.2. The van der Waals surface area contributed by atoms with Gasteiger partial charge in [-0.1, -0.05) is 146 Å². The first-order valence-electron chi connectivity index (χ1n) is 19.7. The molecule has 9 heteroatoms. The van der Waals surface area contributed by atoms with E-state index in [1.54, 1.807) is 0 Å². The SMILES string of the molecule is C=C(C[C@H](O)[C@H](CC1CCCCC1)NC(=O)[C@H](CCCCCC)C[C@@H](O)[C@H](Cc1ccccc1)NC(=O)OCc1ccccc1)C(=O)NCC(C)C. The third-order valence-corrected chi connectivity index (χ3v) is 10.1. The maximum Gasteiger partial charge on any atom is 0.407 e. The summed E-state index contributed by atoms with van der Waals surface area (Å²) >= 11 is 0. The second kappa shape index (κ2) is 23.8. The topological polar surface area (TPSA) is 137 Å². The Labute approximate surface area is 312 Å². The zero-order valence-electron chi connectivity index (χ0n) is 31.9. The van der Waals surface area contributed by atoms with Crippen LogP contribution in [0.25, 0.3) is 0 Å². The van der Waals surface area contributed by atoms with Crippen molar-refractivity contribution in [3.63, 3.8) is 0 Å². The van der Waals surface area contributed by atoms with E-state index < -0.39 is 36.3 Å². The van der Waals surface area contributed by atoms with Crippen molar-refractivity contribution in [1.29, 1.82) is 0 Å². The Morgan fingerprint density at radius 1 is 0.846 bits per heavy atom. The lowest BCUT2D eigenvalue weighted by atomic mass is 9.82. The van der Waals surface area contributed by atoms with Gasteiger partial charge < -0.3 is 30.9 Å². The Bertz CT molecular complexity index is 1330. The predicted molar refractivity (Wildman–Crippen MR) is 207 cm³/mol. The van der Waals surface area contributed by atoms with E-state index in [-0.39, 0.29) is 42.8 Å². The predicted octanol–water partition coefficient (Wildman–Crippen LogP) is 7.40. The van der Waals surface area contributed by atoms with E-state index in [1.807, 2.05) is 74.5 Å². The molecule has 5 N–H and O–H groups in total. The van der Waals surface area contributed by atoms with Crippen LogP contribution in [0.4, 0.5) is 4.79 Å². The number of benzene rings is 2. The van der Waals surface area contributed by atoms with E-state index in [0.29, 0.717) is 31.7 Å². The standard InChI is InChI=1S/C43H65N3O6/c1-5-6-7-17-24-36(28-40(48)38(27-34-20-13-9-14-21-34)46-43(51)52-30-35-22-15-10-16-23-35)42(50)45-37(26-33-18-11-8-12-19-33)39(47)25-32(4)41(49)44-29-31(2)3/h9-10,13-16,20-23,31,33,36-40,47-48H,4-8,11-12,17-19,24-30H2,1-3H3,(H,44,49)(H,45,50)(H,46,51)/t36-,37+,38+,39+,40-/m1/s1. The number of hydrogen-bond donors (Lipinski definition) is 5. The minimum absolute atomic E-state index is 0.0551. The van der Waals surface area contributed by atoms with Gasteiger partial charge in [0.25, 0.3) is 0 Å². The summed E-state index contributed by atoms with van der Waals surface area (Å²) in [5.41, 5.74) is 2.08. The molecule has 288 valence electrons. The lowest BCUT2D eigenvalue weighted by molar-refractivity contribution is -0.128. The molecule has 0 spiro atoms. The number of nitrogens with one attached hydrogen (secondary N) is 3. The van der Waals surface area contributed by atoms with Gasteiger partial charge >= 0.3 is 6.09 Å². The number of aliphatic hydroxyl groups excluding tert-OH is 2. The monoisotopic (exact) mass is 719 g/mol. The number of alkyl carbamates (subject to hydrolysis) is 1. The van der Waals surface area contributed by atoms with Gasteiger partial charge in [0.2, 0.25) is 11.8 Å². The lowest BCUT2D eigenvalue weighted by Crippen LogP contribution is -2.50.